The summed E-state index contributed by atoms with van der Waals surface area (Å²) in [6.45, 7) is -0.0767. The Hall–Kier alpha value is -1.75. The van der Waals surface area contributed by atoms with Crippen molar-refractivity contribution in [2.45, 2.75) is 12.5 Å². The van der Waals surface area contributed by atoms with Crippen LogP contribution in [0.5, 0.6) is 11.5 Å². The number of carboxylic acid groups (broad SMARTS) is 1. The van der Waals surface area contributed by atoms with E-state index in [1.165, 1.54) is 7.11 Å². The molecular formula is C11H14O5. The molecule has 1 atom stereocenters. The monoisotopic (exact) mass is 226 g/mol. The van der Waals surface area contributed by atoms with Crippen LogP contribution in [0.1, 0.15) is 6.42 Å². The van der Waals surface area contributed by atoms with Gasteiger partial charge in [-0.1, -0.05) is 12.1 Å². The van der Waals surface area contributed by atoms with Crippen LogP contribution in [0.2, 0.25) is 0 Å². The average molecular weight is 226 g/mol. The second-order valence-electron chi connectivity index (χ2n) is 3.21. The first-order chi connectivity index (χ1) is 7.63. The van der Waals surface area contributed by atoms with Crippen LogP contribution in [0.15, 0.2) is 24.3 Å². The van der Waals surface area contributed by atoms with Crippen molar-refractivity contribution in [3.63, 3.8) is 0 Å². The normalized spacial score (nSPS) is 11.9. The molecule has 0 aliphatic heterocycles. The van der Waals surface area contributed by atoms with Crippen LogP contribution in [0.4, 0.5) is 0 Å². The van der Waals surface area contributed by atoms with Crippen molar-refractivity contribution in [3.05, 3.63) is 24.3 Å². The molecule has 0 saturated carbocycles. The Morgan fingerprint density at radius 2 is 2.00 bits per heavy atom. The smallest absolute Gasteiger partial charge is 0.306 e. The highest BCUT2D eigenvalue weighted by Gasteiger charge is 2.11. The SMILES string of the molecule is COc1ccccc1OC[C@@H](O)CC(=O)O. The van der Waals surface area contributed by atoms with Crippen LogP contribution >= 0.6 is 0 Å². The van der Waals surface area contributed by atoms with Gasteiger partial charge >= 0.3 is 5.97 Å². The molecular weight excluding hydrogens is 212 g/mol. The van der Waals surface area contributed by atoms with Crippen molar-refractivity contribution in [3.8, 4) is 11.5 Å². The predicted molar refractivity (Wildman–Crippen MR) is 56.7 cm³/mol. The van der Waals surface area contributed by atoms with Crippen molar-refractivity contribution in [1.29, 1.82) is 0 Å². The van der Waals surface area contributed by atoms with Gasteiger partial charge in [0, 0.05) is 0 Å². The van der Waals surface area contributed by atoms with E-state index in [1.54, 1.807) is 24.3 Å². The van der Waals surface area contributed by atoms with Gasteiger partial charge in [-0.3, -0.25) is 4.79 Å². The van der Waals surface area contributed by atoms with Gasteiger partial charge in [0.2, 0.25) is 0 Å². The number of carboxylic acids is 1. The molecule has 0 spiro atoms. The van der Waals surface area contributed by atoms with Crippen molar-refractivity contribution < 1.29 is 24.5 Å². The number of benzene rings is 1. The van der Waals surface area contributed by atoms with Gasteiger partial charge in [-0.25, -0.2) is 0 Å². The maximum atomic E-state index is 10.3. The van der Waals surface area contributed by atoms with Crippen LogP contribution in [0, 0.1) is 0 Å². The van der Waals surface area contributed by atoms with E-state index in [1.807, 2.05) is 0 Å². The maximum absolute atomic E-state index is 10.3. The van der Waals surface area contributed by atoms with Gasteiger partial charge in [-0.2, -0.15) is 0 Å². The third-order valence-corrected chi connectivity index (χ3v) is 1.91. The van der Waals surface area contributed by atoms with Crippen molar-refractivity contribution in [2.75, 3.05) is 13.7 Å². The summed E-state index contributed by atoms with van der Waals surface area (Å²) in [7, 11) is 1.51. The lowest BCUT2D eigenvalue weighted by Crippen LogP contribution is -2.21. The minimum Gasteiger partial charge on any atom is -0.493 e. The molecule has 0 saturated heterocycles. The second-order valence-corrected chi connectivity index (χ2v) is 3.21. The highest BCUT2D eigenvalue weighted by Crippen LogP contribution is 2.25. The third kappa shape index (κ3) is 3.78. The Kier molecular flexibility index (Phi) is 4.60. The number of aliphatic hydroxyl groups excluding tert-OH is 1. The van der Waals surface area contributed by atoms with Gasteiger partial charge in [0.25, 0.3) is 0 Å². The van der Waals surface area contributed by atoms with Gasteiger partial charge in [0.1, 0.15) is 6.61 Å². The van der Waals surface area contributed by atoms with E-state index in [4.69, 9.17) is 14.6 Å². The molecule has 5 heteroatoms. The standard InChI is InChI=1S/C11H14O5/c1-15-9-4-2-3-5-10(9)16-7-8(12)6-11(13)14/h2-5,8,12H,6-7H2,1H3,(H,13,14)/t8-/m0/s1. The highest BCUT2D eigenvalue weighted by molar-refractivity contribution is 5.67. The molecule has 1 aromatic rings. The molecule has 1 rings (SSSR count). The van der Waals surface area contributed by atoms with Gasteiger partial charge in [-0.15, -0.1) is 0 Å². The molecule has 0 fully saturated rings. The summed E-state index contributed by atoms with van der Waals surface area (Å²) in [5.74, 6) is -0.0319. The third-order valence-electron chi connectivity index (χ3n) is 1.91. The highest BCUT2D eigenvalue weighted by atomic mass is 16.5. The molecule has 0 aliphatic rings. The lowest BCUT2D eigenvalue weighted by Gasteiger charge is -2.12. The first-order valence-corrected chi connectivity index (χ1v) is 4.79. The van der Waals surface area contributed by atoms with E-state index in [-0.39, 0.29) is 13.0 Å². The largest absolute Gasteiger partial charge is 0.493 e. The van der Waals surface area contributed by atoms with Crippen LogP contribution < -0.4 is 9.47 Å². The van der Waals surface area contributed by atoms with E-state index in [2.05, 4.69) is 0 Å². The Balaban J connectivity index is 2.50. The second kappa shape index (κ2) is 5.97. The number of methoxy groups -OCH3 is 1. The molecule has 0 aromatic heterocycles. The topological polar surface area (TPSA) is 76.0 Å². The summed E-state index contributed by atoms with van der Waals surface area (Å²) in [6, 6.07) is 6.96. The van der Waals surface area contributed by atoms with Crippen molar-refractivity contribution in [1.82, 2.24) is 0 Å². The molecule has 2 N–H and O–H groups in total. The summed E-state index contributed by atoms with van der Waals surface area (Å²) in [5, 5.41) is 17.7. The molecule has 0 amide bonds. The van der Waals surface area contributed by atoms with E-state index >= 15 is 0 Å². The first kappa shape index (κ1) is 12.3. The first-order valence-electron chi connectivity index (χ1n) is 4.79. The summed E-state index contributed by atoms with van der Waals surface area (Å²) in [6.07, 6.45) is -1.36. The van der Waals surface area contributed by atoms with Crippen LogP contribution in [-0.4, -0.2) is 36.0 Å². The number of carbonyl (C=O) groups is 1. The van der Waals surface area contributed by atoms with Gasteiger partial charge < -0.3 is 19.7 Å². The number of hydrogen-bond acceptors (Lipinski definition) is 4. The van der Waals surface area contributed by atoms with Gasteiger partial charge in [0.15, 0.2) is 11.5 Å². The quantitative estimate of drug-likeness (QED) is 0.754. The number of aliphatic carboxylic acids is 1. The number of ether oxygens (including phenoxy) is 2. The van der Waals surface area contributed by atoms with E-state index in [9.17, 15) is 9.90 Å². The fraction of sp³-hybridized carbons (Fsp3) is 0.364. The van der Waals surface area contributed by atoms with Crippen LogP contribution in [0.3, 0.4) is 0 Å². The van der Waals surface area contributed by atoms with Gasteiger partial charge in [0.05, 0.1) is 19.6 Å². The molecule has 0 aliphatic carbocycles. The fourth-order valence-corrected chi connectivity index (χ4v) is 1.18. The molecule has 88 valence electrons. The summed E-state index contributed by atoms with van der Waals surface area (Å²) in [4.78, 5) is 10.3. The molecule has 0 radical (unpaired) electrons. The molecule has 0 bridgehead atoms. The molecule has 16 heavy (non-hydrogen) atoms. The van der Waals surface area contributed by atoms with E-state index in [0.29, 0.717) is 11.5 Å². The lowest BCUT2D eigenvalue weighted by atomic mass is 10.2. The molecule has 5 nitrogen and oxygen atoms in total. The fourth-order valence-electron chi connectivity index (χ4n) is 1.18. The number of aliphatic hydroxyl groups is 1. The number of para-hydroxylation sites is 2. The van der Waals surface area contributed by atoms with Gasteiger partial charge in [-0.05, 0) is 12.1 Å². The Morgan fingerprint density at radius 3 is 2.56 bits per heavy atom. The average Bonchev–Trinajstić information content (AvgIpc) is 2.26. The Labute approximate surface area is 93.2 Å². The van der Waals surface area contributed by atoms with E-state index in [0.717, 1.165) is 0 Å². The van der Waals surface area contributed by atoms with E-state index < -0.39 is 12.1 Å². The van der Waals surface area contributed by atoms with Crippen LogP contribution in [-0.2, 0) is 4.79 Å². The summed E-state index contributed by atoms with van der Waals surface area (Å²) in [5.41, 5.74) is 0. The minimum absolute atomic E-state index is 0.0767. The van der Waals surface area contributed by atoms with Crippen molar-refractivity contribution >= 4 is 5.97 Å². The number of hydrogen-bond donors (Lipinski definition) is 2. The molecule has 0 heterocycles. The molecule has 1 aromatic carbocycles. The summed E-state index contributed by atoms with van der Waals surface area (Å²) < 4.78 is 10.3. The lowest BCUT2D eigenvalue weighted by molar-refractivity contribution is -0.139. The Morgan fingerprint density at radius 1 is 1.38 bits per heavy atom. The molecule has 0 unspecified atom stereocenters. The predicted octanol–water partition coefficient (Wildman–Crippen LogP) is 0.910. The van der Waals surface area contributed by atoms with Crippen LogP contribution in [0.25, 0.3) is 0 Å². The number of rotatable bonds is 6. The zero-order valence-corrected chi connectivity index (χ0v) is 8.92. The maximum Gasteiger partial charge on any atom is 0.306 e. The summed E-state index contributed by atoms with van der Waals surface area (Å²) >= 11 is 0. The minimum atomic E-state index is -1.06. The zero-order valence-electron chi connectivity index (χ0n) is 8.92. The van der Waals surface area contributed by atoms with Crippen molar-refractivity contribution in [2.24, 2.45) is 0 Å². The Bertz CT molecular complexity index is 350. The zero-order chi connectivity index (χ0) is 12.0.